The predicted molar refractivity (Wildman–Crippen MR) is 86.3 cm³/mol. The normalized spacial score (nSPS) is 10.8. The van der Waals surface area contributed by atoms with Gasteiger partial charge in [-0.3, -0.25) is 0 Å². The summed E-state index contributed by atoms with van der Waals surface area (Å²) in [6, 6.07) is 6.29. The third kappa shape index (κ3) is 3.72. The molecule has 2 aromatic rings. The van der Waals surface area contributed by atoms with Gasteiger partial charge in [0.25, 0.3) is 0 Å². The van der Waals surface area contributed by atoms with Gasteiger partial charge in [0.1, 0.15) is 5.75 Å². The zero-order chi connectivity index (χ0) is 15.4. The van der Waals surface area contributed by atoms with Crippen LogP contribution in [0.25, 0.3) is 0 Å². The first-order valence-electron chi connectivity index (χ1n) is 7.37. The first kappa shape index (κ1) is 15.3. The van der Waals surface area contributed by atoms with Gasteiger partial charge in [0.15, 0.2) is 0 Å². The second-order valence-corrected chi connectivity index (χ2v) is 5.51. The van der Waals surface area contributed by atoms with Crippen molar-refractivity contribution in [1.82, 2.24) is 9.97 Å². The van der Waals surface area contributed by atoms with Gasteiger partial charge in [-0.05, 0) is 43.9 Å². The van der Waals surface area contributed by atoms with Crippen LogP contribution in [0.15, 0.2) is 24.4 Å². The zero-order valence-electron chi connectivity index (χ0n) is 13.4. The molecule has 4 heteroatoms. The van der Waals surface area contributed by atoms with Crippen molar-refractivity contribution in [1.29, 1.82) is 0 Å². The Labute approximate surface area is 126 Å². The maximum Gasteiger partial charge on any atom is 0.226 e. The largest absolute Gasteiger partial charge is 0.438 e. The molecule has 0 fully saturated rings. The van der Waals surface area contributed by atoms with Gasteiger partial charge in [-0.25, -0.2) is 4.98 Å². The monoisotopic (exact) mass is 285 g/mol. The Kier molecular flexibility index (Phi) is 4.78. The quantitative estimate of drug-likeness (QED) is 0.882. The molecule has 0 atom stereocenters. The Morgan fingerprint density at radius 1 is 1.24 bits per heavy atom. The number of benzene rings is 1. The van der Waals surface area contributed by atoms with Crippen LogP contribution in [-0.4, -0.2) is 16.5 Å². The van der Waals surface area contributed by atoms with E-state index in [9.17, 15) is 0 Å². The van der Waals surface area contributed by atoms with Crippen molar-refractivity contribution >= 4 is 5.95 Å². The van der Waals surface area contributed by atoms with E-state index in [1.165, 1.54) is 11.1 Å². The molecule has 1 heterocycles. The van der Waals surface area contributed by atoms with Gasteiger partial charge in [-0.15, -0.1) is 0 Å². The topological polar surface area (TPSA) is 47.0 Å². The third-order valence-corrected chi connectivity index (χ3v) is 3.26. The third-order valence-electron chi connectivity index (χ3n) is 3.26. The van der Waals surface area contributed by atoms with Crippen LogP contribution >= 0.6 is 0 Å². The van der Waals surface area contributed by atoms with Crippen molar-refractivity contribution in [2.75, 3.05) is 11.9 Å². The molecule has 1 aromatic heterocycles. The number of hydrogen-bond acceptors (Lipinski definition) is 4. The molecule has 0 unspecified atom stereocenters. The summed E-state index contributed by atoms with van der Waals surface area (Å²) in [6.45, 7) is 11.1. The molecule has 2 rings (SSSR count). The highest BCUT2D eigenvalue weighted by Gasteiger charge is 2.12. The molecule has 0 saturated heterocycles. The van der Waals surface area contributed by atoms with E-state index in [4.69, 9.17) is 4.74 Å². The van der Waals surface area contributed by atoms with Gasteiger partial charge >= 0.3 is 0 Å². The molecule has 0 bridgehead atoms. The molecule has 0 aliphatic rings. The van der Waals surface area contributed by atoms with Crippen molar-refractivity contribution in [3.05, 3.63) is 41.1 Å². The van der Waals surface area contributed by atoms with Gasteiger partial charge in [0.2, 0.25) is 11.8 Å². The van der Waals surface area contributed by atoms with Crippen LogP contribution in [0, 0.1) is 13.8 Å². The van der Waals surface area contributed by atoms with Gasteiger partial charge in [-0.1, -0.05) is 26.0 Å². The molecule has 0 amide bonds. The number of ether oxygens (including phenoxy) is 1. The summed E-state index contributed by atoms with van der Waals surface area (Å²) in [4.78, 5) is 8.69. The minimum atomic E-state index is 0.399. The Bertz CT molecular complexity index is 623. The Morgan fingerprint density at radius 2 is 2.00 bits per heavy atom. The molecular formula is C17H23N3O. The van der Waals surface area contributed by atoms with Crippen LogP contribution in [0.5, 0.6) is 11.6 Å². The van der Waals surface area contributed by atoms with Crippen LogP contribution in [0.3, 0.4) is 0 Å². The lowest BCUT2D eigenvalue weighted by Crippen LogP contribution is -2.04. The summed E-state index contributed by atoms with van der Waals surface area (Å²) in [5, 5.41) is 3.11. The SMILES string of the molecule is CCNc1ncc(C)c(Oc2cc(C)ccc2C(C)C)n1. The van der Waals surface area contributed by atoms with E-state index in [1.807, 2.05) is 13.8 Å². The van der Waals surface area contributed by atoms with Crippen LogP contribution in [0.2, 0.25) is 0 Å². The standard InChI is InChI=1S/C17H23N3O/c1-6-18-17-19-10-13(5)16(20-17)21-15-9-12(4)7-8-14(15)11(2)3/h7-11H,6H2,1-5H3,(H,18,19,20). The molecule has 0 saturated carbocycles. The predicted octanol–water partition coefficient (Wildman–Crippen LogP) is 4.44. The second-order valence-electron chi connectivity index (χ2n) is 5.51. The molecule has 112 valence electrons. The lowest BCUT2D eigenvalue weighted by Gasteiger charge is -2.15. The highest BCUT2D eigenvalue weighted by molar-refractivity contribution is 5.43. The number of aryl methyl sites for hydroxylation is 2. The summed E-state index contributed by atoms with van der Waals surface area (Å²) >= 11 is 0. The van der Waals surface area contributed by atoms with Crippen molar-refractivity contribution < 1.29 is 4.74 Å². The van der Waals surface area contributed by atoms with Crippen LogP contribution < -0.4 is 10.1 Å². The molecule has 0 spiro atoms. The van der Waals surface area contributed by atoms with Crippen LogP contribution in [0.1, 0.15) is 43.4 Å². The molecule has 1 aromatic carbocycles. The molecule has 0 aliphatic carbocycles. The minimum absolute atomic E-state index is 0.399. The highest BCUT2D eigenvalue weighted by Crippen LogP contribution is 2.32. The minimum Gasteiger partial charge on any atom is -0.438 e. The average Bonchev–Trinajstić information content (AvgIpc) is 2.42. The van der Waals surface area contributed by atoms with E-state index >= 15 is 0 Å². The van der Waals surface area contributed by atoms with Gasteiger partial charge < -0.3 is 10.1 Å². The van der Waals surface area contributed by atoms with Crippen molar-refractivity contribution in [3.8, 4) is 11.6 Å². The Hall–Kier alpha value is -2.10. The summed E-state index contributed by atoms with van der Waals surface area (Å²) in [7, 11) is 0. The number of nitrogens with one attached hydrogen (secondary N) is 1. The Balaban J connectivity index is 2.37. The summed E-state index contributed by atoms with van der Waals surface area (Å²) in [5.41, 5.74) is 3.28. The molecule has 4 nitrogen and oxygen atoms in total. The first-order valence-corrected chi connectivity index (χ1v) is 7.37. The van der Waals surface area contributed by atoms with Gasteiger partial charge in [-0.2, -0.15) is 4.98 Å². The number of anilines is 1. The van der Waals surface area contributed by atoms with Crippen molar-refractivity contribution in [2.24, 2.45) is 0 Å². The van der Waals surface area contributed by atoms with Gasteiger partial charge in [0, 0.05) is 18.3 Å². The van der Waals surface area contributed by atoms with E-state index < -0.39 is 0 Å². The number of nitrogens with zero attached hydrogens (tertiary/aromatic N) is 2. The average molecular weight is 285 g/mol. The lowest BCUT2D eigenvalue weighted by atomic mass is 10.0. The van der Waals surface area contributed by atoms with Crippen LogP contribution in [-0.2, 0) is 0 Å². The Morgan fingerprint density at radius 3 is 2.67 bits per heavy atom. The fraction of sp³-hybridized carbons (Fsp3) is 0.412. The van der Waals surface area contributed by atoms with E-state index in [0.717, 1.165) is 17.9 Å². The summed E-state index contributed by atoms with van der Waals surface area (Å²) in [5.74, 6) is 2.47. The fourth-order valence-electron chi connectivity index (χ4n) is 2.08. The fourth-order valence-corrected chi connectivity index (χ4v) is 2.08. The van der Waals surface area contributed by atoms with E-state index in [-0.39, 0.29) is 0 Å². The van der Waals surface area contributed by atoms with E-state index in [0.29, 0.717) is 17.7 Å². The van der Waals surface area contributed by atoms with Crippen LogP contribution in [0.4, 0.5) is 5.95 Å². The van der Waals surface area contributed by atoms with Crippen molar-refractivity contribution in [2.45, 2.75) is 40.5 Å². The van der Waals surface area contributed by atoms with Crippen molar-refractivity contribution in [3.63, 3.8) is 0 Å². The molecule has 1 N–H and O–H groups in total. The second kappa shape index (κ2) is 6.57. The molecule has 21 heavy (non-hydrogen) atoms. The molecule has 0 aliphatic heterocycles. The number of hydrogen-bond donors (Lipinski definition) is 1. The maximum absolute atomic E-state index is 6.08. The van der Waals surface area contributed by atoms with Gasteiger partial charge in [0.05, 0.1) is 0 Å². The lowest BCUT2D eigenvalue weighted by molar-refractivity contribution is 0.449. The maximum atomic E-state index is 6.08. The first-order chi connectivity index (χ1) is 10.0. The molecule has 0 radical (unpaired) electrons. The number of aromatic nitrogens is 2. The summed E-state index contributed by atoms with van der Waals surface area (Å²) < 4.78 is 6.08. The highest BCUT2D eigenvalue weighted by atomic mass is 16.5. The van der Waals surface area contributed by atoms with E-state index in [2.05, 4.69) is 54.3 Å². The summed E-state index contributed by atoms with van der Waals surface area (Å²) in [6.07, 6.45) is 1.78. The zero-order valence-corrected chi connectivity index (χ0v) is 13.4. The molecular weight excluding hydrogens is 262 g/mol. The smallest absolute Gasteiger partial charge is 0.226 e. The van der Waals surface area contributed by atoms with E-state index in [1.54, 1.807) is 6.20 Å². The number of rotatable bonds is 5.